The molecule has 1 N–H and O–H groups in total. The minimum atomic E-state index is -0.717. The van der Waals surface area contributed by atoms with Gasteiger partial charge >= 0.3 is 6.09 Å². The Bertz CT molecular complexity index is 1720. The number of amides is 3. The van der Waals surface area contributed by atoms with Crippen molar-refractivity contribution in [2.45, 2.75) is 64.0 Å². The topological polar surface area (TPSA) is 109 Å². The monoisotopic (exact) mass is 673 g/mol. The van der Waals surface area contributed by atoms with Crippen molar-refractivity contribution in [2.75, 3.05) is 49.8 Å². The molecular weight excluding hydrogens is 629 g/mol. The number of piperidine rings is 1. The number of carbonyl (C=O) groups excluding carboxylic acids is 3. The summed E-state index contributed by atoms with van der Waals surface area (Å²) in [5, 5.41) is 10.8. The van der Waals surface area contributed by atoms with E-state index in [4.69, 9.17) is 14.2 Å². The molecule has 0 bridgehead atoms. The lowest BCUT2D eigenvalue weighted by atomic mass is 9.78. The summed E-state index contributed by atoms with van der Waals surface area (Å²) in [6, 6.07) is 16.7. The molecule has 3 aliphatic rings. The fourth-order valence-electron chi connectivity index (χ4n) is 6.77. The van der Waals surface area contributed by atoms with E-state index in [1.54, 1.807) is 72.9 Å². The van der Waals surface area contributed by atoms with E-state index < -0.39 is 29.3 Å². The summed E-state index contributed by atoms with van der Waals surface area (Å²) in [4.78, 5) is 46.2. The molecule has 3 aromatic rings. The molecule has 2 aliphatic heterocycles. The van der Waals surface area contributed by atoms with Gasteiger partial charge in [0.1, 0.15) is 22.9 Å². The lowest BCUT2D eigenvalue weighted by Gasteiger charge is -2.41. The van der Waals surface area contributed by atoms with Crippen molar-refractivity contribution in [1.29, 1.82) is 0 Å². The zero-order valence-electron chi connectivity index (χ0n) is 28.5. The molecular formula is C38H44FN3O7. The summed E-state index contributed by atoms with van der Waals surface area (Å²) in [7, 11) is 1.62. The quantitative estimate of drug-likeness (QED) is 0.259. The number of likely N-dealkylation sites (tertiary alicyclic amines) is 1. The van der Waals surface area contributed by atoms with Gasteiger partial charge in [-0.25, -0.2) is 9.18 Å². The number of nitrogens with zero attached hydrogens (tertiary/aromatic N) is 3. The average molecular weight is 674 g/mol. The third-order valence-corrected chi connectivity index (χ3v) is 9.18. The summed E-state index contributed by atoms with van der Waals surface area (Å²) >= 11 is 0. The summed E-state index contributed by atoms with van der Waals surface area (Å²) in [5.41, 5.74) is 2.05. The molecule has 260 valence electrons. The smallest absolute Gasteiger partial charge is 0.410 e. The van der Waals surface area contributed by atoms with Gasteiger partial charge < -0.3 is 34.0 Å². The van der Waals surface area contributed by atoms with Crippen LogP contribution in [0.25, 0.3) is 11.1 Å². The van der Waals surface area contributed by atoms with E-state index in [-0.39, 0.29) is 36.8 Å². The van der Waals surface area contributed by atoms with Gasteiger partial charge in [-0.1, -0.05) is 24.3 Å². The van der Waals surface area contributed by atoms with Crippen molar-refractivity contribution in [1.82, 2.24) is 4.90 Å². The van der Waals surface area contributed by atoms with Crippen LogP contribution >= 0.6 is 0 Å². The molecule has 1 aliphatic carbocycles. The Morgan fingerprint density at radius 3 is 2.55 bits per heavy atom. The Hall–Kier alpha value is -4.64. The van der Waals surface area contributed by atoms with E-state index in [1.165, 1.54) is 12.1 Å². The molecule has 1 saturated carbocycles. The number of aromatic hydroxyl groups is 1. The number of rotatable bonds is 9. The highest BCUT2D eigenvalue weighted by Crippen LogP contribution is 2.44. The van der Waals surface area contributed by atoms with Gasteiger partial charge in [0.25, 0.3) is 5.91 Å². The summed E-state index contributed by atoms with van der Waals surface area (Å²) in [6.07, 6.45) is 2.19. The van der Waals surface area contributed by atoms with Crippen molar-refractivity contribution in [3.8, 4) is 22.6 Å². The molecule has 3 amide bonds. The highest BCUT2D eigenvalue weighted by molar-refractivity contribution is 6.01. The number of benzene rings is 3. The minimum Gasteiger partial charge on any atom is -0.508 e. The van der Waals surface area contributed by atoms with Crippen molar-refractivity contribution in [3.63, 3.8) is 0 Å². The zero-order chi connectivity index (χ0) is 34.9. The second-order valence-electron chi connectivity index (χ2n) is 14.0. The molecule has 10 nitrogen and oxygen atoms in total. The van der Waals surface area contributed by atoms with E-state index in [0.717, 1.165) is 12.8 Å². The predicted molar refractivity (Wildman–Crippen MR) is 183 cm³/mol. The molecule has 0 spiro atoms. The fraction of sp³-hybridized carbons (Fsp3) is 0.447. The molecule has 2 atom stereocenters. The molecule has 2 fully saturated rings. The van der Waals surface area contributed by atoms with Crippen LogP contribution in [0.5, 0.6) is 11.5 Å². The van der Waals surface area contributed by atoms with Gasteiger partial charge in [0.15, 0.2) is 6.61 Å². The average Bonchev–Trinajstić information content (AvgIpc) is 3.90. The van der Waals surface area contributed by atoms with Gasteiger partial charge in [0.05, 0.1) is 11.6 Å². The highest BCUT2D eigenvalue weighted by atomic mass is 19.1. The number of halogens is 1. The Morgan fingerprint density at radius 2 is 1.84 bits per heavy atom. The predicted octanol–water partition coefficient (Wildman–Crippen LogP) is 6.50. The second-order valence-corrected chi connectivity index (χ2v) is 14.0. The lowest BCUT2D eigenvalue weighted by Crippen LogP contribution is -2.51. The first-order valence-corrected chi connectivity index (χ1v) is 16.9. The molecule has 6 rings (SSSR count). The van der Waals surface area contributed by atoms with Crippen LogP contribution in [0, 0.1) is 11.7 Å². The third kappa shape index (κ3) is 7.67. The Balaban J connectivity index is 1.37. The van der Waals surface area contributed by atoms with Gasteiger partial charge in [0.2, 0.25) is 5.91 Å². The van der Waals surface area contributed by atoms with Gasteiger partial charge in [-0.05, 0) is 99.9 Å². The first kappa shape index (κ1) is 34.2. The summed E-state index contributed by atoms with van der Waals surface area (Å²) < 4.78 is 31.5. The summed E-state index contributed by atoms with van der Waals surface area (Å²) in [6.45, 7) is 6.72. The number of fused-ring (bicyclic) bond motifs is 1. The Kier molecular flexibility index (Phi) is 9.83. The standard InChI is InChI=1S/C38H44FN3O7/c1-38(2,3)49-37(46)40-16-14-29(24-18-25(20-28(43)19-24)30-8-5-6-9-32(30)39)31(22-40)36(45)42(26-10-11-26)27-12-13-34-33(21-27)41(15-7-17-47-4)35(44)23-48-34/h5-6,8-9,12-13,18-21,26,29,31,43H,7,10-11,14-17,22-23H2,1-4H3/t29-,31+/m1/s1. The van der Waals surface area contributed by atoms with Gasteiger partial charge in [-0.3, -0.25) is 9.59 Å². The van der Waals surface area contributed by atoms with Crippen LogP contribution < -0.4 is 14.5 Å². The van der Waals surface area contributed by atoms with E-state index in [1.807, 2.05) is 18.2 Å². The number of hydrogen-bond acceptors (Lipinski definition) is 7. The SMILES string of the molecule is COCCCN1C(=O)COc2ccc(N(C(=O)[C@H]3CN(C(=O)OC(C)(C)C)CC[C@@H]3c3cc(O)cc(-c4ccccc4F)c3)C3CC3)cc21. The van der Waals surface area contributed by atoms with Crippen LogP contribution in [0.15, 0.2) is 60.7 Å². The first-order valence-electron chi connectivity index (χ1n) is 16.9. The maximum absolute atomic E-state index is 14.9. The number of hydrogen-bond donors (Lipinski definition) is 1. The largest absolute Gasteiger partial charge is 0.508 e. The van der Waals surface area contributed by atoms with E-state index >= 15 is 0 Å². The van der Waals surface area contributed by atoms with E-state index in [9.17, 15) is 23.9 Å². The minimum absolute atomic E-state index is 0.0384. The number of anilines is 2. The fourth-order valence-corrected chi connectivity index (χ4v) is 6.77. The maximum atomic E-state index is 14.9. The van der Waals surface area contributed by atoms with E-state index in [2.05, 4.69) is 0 Å². The van der Waals surface area contributed by atoms with Crippen molar-refractivity contribution >= 4 is 29.3 Å². The second kappa shape index (κ2) is 14.1. The molecule has 11 heteroatoms. The van der Waals surface area contributed by atoms with Crippen molar-refractivity contribution in [3.05, 3.63) is 72.0 Å². The molecule has 0 aromatic heterocycles. The molecule has 3 aromatic carbocycles. The van der Waals surface area contributed by atoms with Gasteiger partial charge in [0, 0.05) is 50.6 Å². The maximum Gasteiger partial charge on any atom is 0.410 e. The molecule has 0 unspecified atom stereocenters. The molecule has 0 radical (unpaired) electrons. The van der Waals surface area contributed by atoms with Gasteiger partial charge in [-0.15, -0.1) is 0 Å². The van der Waals surface area contributed by atoms with Crippen LogP contribution in [-0.2, 0) is 19.1 Å². The lowest BCUT2D eigenvalue weighted by molar-refractivity contribution is -0.124. The highest BCUT2D eigenvalue weighted by Gasteiger charge is 2.44. The molecule has 1 saturated heterocycles. The normalized spacial score (nSPS) is 19.2. The van der Waals surface area contributed by atoms with Crippen molar-refractivity contribution in [2.24, 2.45) is 5.92 Å². The van der Waals surface area contributed by atoms with Crippen LogP contribution in [-0.4, -0.2) is 79.5 Å². The number of carbonyl (C=O) groups is 3. The Morgan fingerprint density at radius 1 is 1.06 bits per heavy atom. The Labute approximate surface area is 286 Å². The van der Waals surface area contributed by atoms with Crippen LogP contribution in [0.3, 0.4) is 0 Å². The van der Waals surface area contributed by atoms with Crippen LogP contribution in [0.1, 0.15) is 57.9 Å². The van der Waals surface area contributed by atoms with E-state index in [0.29, 0.717) is 66.4 Å². The summed E-state index contributed by atoms with van der Waals surface area (Å²) in [5.74, 6) is -1.33. The number of ether oxygens (including phenoxy) is 3. The van der Waals surface area contributed by atoms with Crippen LogP contribution in [0.4, 0.5) is 20.6 Å². The van der Waals surface area contributed by atoms with Crippen LogP contribution in [0.2, 0.25) is 0 Å². The number of methoxy groups -OCH3 is 1. The van der Waals surface area contributed by atoms with Crippen molar-refractivity contribution < 1.29 is 38.1 Å². The number of phenolic OH excluding ortho intramolecular Hbond substituents is 1. The molecule has 2 heterocycles. The zero-order valence-corrected chi connectivity index (χ0v) is 28.5. The van der Waals surface area contributed by atoms with Gasteiger partial charge in [-0.2, -0.15) is 0 Å². The number of phenols is 1. The molecule has 49 heavy (non-hydrogen) atoms. The first-order chi connectivity index (χ1) is 23.4. The third-order valence-electron chi connectivity index (χ3n) is 9.18.